The van der Waals surface area contributed by atoms with Crippen molar-refractivity contribution in [3.8, 4) is 5.75 Å². The van der Waals surface area contributed by atoms with Gasteiger partial charge in [0.25, 0.3) is 0 Å². The largest absolute Gasteiger partial charge is 0.506 e. The fourth-order valence-electron chi connectivity index (χ4n) is 1.19. The van der Waals surface area contributed by atoms with Crippen LogP contribution >= 0.6 is 39.9 Å². The summed E-state index contributed by atoms with van der Waals surface area (Å²) in [5.74, 6) is 0.0402. The summed E-state index contributed by atoms with van der Waals surface area (Å²) in [6.45, 7) is -0.0382. The predicted molar refractivity (Wildman–Crippen MR) is 66.7 cm³/mol. The molecule has 0 amide bonds. The molecule has 0 unspecified atom stereocenters. The molecule has 0 aromatic heterocycles. The van der Waals surface area contributed by atoms with E-state index in [0.29, 0.717) is 21.5 Å². The fourth-order valence-corrected chi connectivity index (χ4v) is 1.83. The van der Waals surface area contributed by atoms with Gasteiger partial charge in [-0.05, 0) is 34.5 Å². The van der Waals surface area contributed by atoms with Crippen molar-refractivity contribution in [2.24, 2.45) is 5.73 Å². The monoisotopic (exact) mass is 315 g/mol. The number of hydrogen-bond donors (Lipinski definition) is 3. The average Bonchev–Trinajstić information content (AvgIpc) is 2.13. The highest BCUT2D eigenvalue weighted by atomic mass is 79.9. The number of benzene rings is 1. The average molecular weight is 317 g/mol. The van der Waals surface area contributed by atoms with E-state index in [2.05, 4.69) is 15.9 Å². The quantitative estimate of drug-likeness (QED) is 0.803. The Labute approximate surface area is 108 Å². The van der Waals surface area contributed by atoms with E-state index in [1.165, 1.54) is 0 Å². The first-order valence-corrected chi connectivity index (χ1v) is 5.28. The first-order chi connectivity index (χ1) is 6.57. The maximum absolute atomic E-state index is 9.68. The van der Waals surface area contributed by atoms with E-state index >= 15 is 0 Å². The van der Waals surface area contributed by atoms with Crippen molar-refractivity contribution in [2.75, 3.05) is 6.61 Å². The van der Waals surface area contributed by atoms with Gasteiger partial charge < -0.3 is 15.9 Å². The van der Waals surface area contributed by atoms with Crippen LogP contribution in [0.4, 0.5) is 0 Å². The molecule has 0 bridgehead atoms. The summed E-state index contributed by atoms with van der Waals surface area (Å²) in [6.07, 6.45) is 0.365. The Balaban J connectivity index is 0.00000196. The van der Waals surface area contributed by atoms with Crippen LogP contribution in [0.25, 0.3) is 0 Å². The van der Waals surface area contributed by atoms with Crippen LogP contribution < -0.4 is 5.73 Å². The fraction of sp³-hybridized carbons (Fsp3) is 0.333. The third kappa shape index (κ3) is 3.50. The molecule has 4 N–H and O–H groups in total. The van der Waals surface area contributed by atoms with Gasteiger partial charge in [-0.2, -0.15) is 0 Å². The Morgan fingerprint density at radius 3 is 2.60 bits per heavy atom. The molecule has 6 heteroatoms. The van der Waals surface area contributed by atoms with Crippen LogP contribution in [-0.4, -0.2) is 16.8 Å². The highest BCUT2D eigenvalue weighted by molar-refractivity contribution is 9.10. The molecule has 0 fully saturated rings. The van der Waals surface area contributed by atoms with Gasteiger partial charge in [-0.3, -0.25) is 0 Å². The van der Waals surface area contributed by atoms with Crippen LogP contribution in [-0.2, 0) is 0 Å². The van der Waals surface area contributed by atoms with Crippen molar-refractivity contribution in [2.45, 2.75) is 12.5 Å². The second-order valence-electron chi connectivity index (χ2n) is 2.91. The molecule has 1 aromatic rings. The molecule has 0 aliphatic heterocycles. The Hall–Kier alpha value is -0.000000000000000111. The van der Waals surface area contributed by atoms with Crippen molar-refractivity contribution >= 4 is 39.9 Å². The summed E-state index contributed by atoms with van der Waals surface area (Å²) in [5, 5.41) is 18.8. The van der Waals surface area contributed by atoms with E-state index in [-0.39, 0.29) is 24.8 Å². The predicted octanol–water partition coefficient (Wildman–Crippen LogP) is 2.61. The molecular formula is C9H12BrCl2NO2. The van der Waals surface area contributed by atoms with E-state index in [1.54, 1.807) is 12.1 Å². The molecule has 0 spiro atoms. The van der Waals surface area contributed by atoms with Crippen LogP contribution in [0.3, 0.4) is 0 Å². The van der Waals surface area contributed by atoms with Crippen molar-refractivity contribution in [1.82, 2.24) is 0 Å². The van der Waals surface area contributed by atoms with Gasteiger partial charge in [0, 0.05) is 23.2 Å². The maximum Gasteiger partial charge on any atom is 0.136 e. The second-order valence-corrected chi connectivity index (χ2v) is 4.17. The molecule has 15 heavy (non-hydrogen) atoms. The minimum absolute atomic E-state index is 0. The molecular weight excluding hydrogens is 305 g/mol. The lowest BCUT2D eigenvalue weighted by Gasteiger charge is -2.14. The standard InChI is InChI=1S/C9H11BrClNO2.ClH/c10-5-1-2-6(11)8(9(5)14)7(12)3-4-13;/h1-2,7,13-14H,3-4,12H2;1H/t7-;/m0./s1. The Bertz CT molecular complexity index is 336. The minimum atomic E-state index is -0.454. The lowest BCUT2D eigenvalue weighted by molar-refractivity contribution is 0.275. The van der Waals surface area contributed by atoms with E-state index < -0.39 is 6.04 Å². The van der Waals surface area contributed by atoms with Crippen molar-refractivity contribution in [3.05, 3.63) is 27.2 Å². The second kappa shape index (κ2) is 6.55. The molecule has 0 heterocycles. The number of aliphatic hydroxyl groups excluding tert-OH is 1. The summed E-state index contributed by atoms with van der Waals surface area (Å²) in [7, 11) is 0. The normalized spacial score (nSPS) is 12.0. The van der Waals surface area contributed by atoms with Crippen LogP contribution in [0.15, 0.2) is 16.6 Å². The topological polar surface area (TPSA) is 66.5 Å². The van der Waals surface area contributed by atoms with Crippen LogP contribution in [0.2, 0.25) is 5.02 Å². The third-order valence-electron chi connectivity index (χ3n) is 1.93. The lowest BCUT2D eigenvalue weighted by atomic mass is 10.0. The molecule has 1 atom stereocenters. The maximum atomic E-state index is 9.68. The number of hydrogen-bond acceptors (Lipinski definition) is 3. The molecule has 3 nitrogen and oxygen atoms in total. The van der Waals surface area contributed by atoms with Gasteiger partial charge in [-0.25, -0.2) is 0 Å². The Morgan fingerprint density at radius 2 is 2.07 bits per heavy atom. The van der Waals surface area contributed by atoms with E-state index in [9.17, 15) is 5.11 Å². The molecule has 0 radical (unpaired) electrons. The Morgan fingerprint density at radius 1 is 1.47 bits per heavy atom. The molecule has 1 rings (SSSR count). The smallest absolute Gasteiger partial charge is 0.136 e. The van der Waals surface area contributed by atoms with E-state index in [1.807, 2.05) is 0 Å². The first-order valence-electron chi connectivity index (χ1n) is 4.11. The zero-order valence-corrected chi connectivity index (χ0v) is 10.9. The molecule has 1 aromatic carbocycles. The number of halogens is 3. The van der Waals surface area contributed by atoms with Gasteiger partial charge in [-0.1, -0.05) is 11.6 Å². The summed E-state index contributed by atoms with van der Waals surface area (Å²) in [6, 6.07) is 2.84. The molecule has 86 valence electrons. The molecule has 0 aliphatic carbocycles. The van der Waals surface area contributed by atoms with Crippen LogP contribution in [0, 0.1) is 0 Å². The number of phenolic OH excluding ortho intramolecular Hbond substituents is 1. The number of rotatable bonds is 3. The highest BCUT2D eigenvalue weighted by Gasteiger charge is 2.16. The SMILES string of the molecule is Cl.N[C@@H](CCO)c1c(Cl)ccc(Br)c1O. The minimum Gasteiger partial charge on any atom is -0.506 e. The van der Waals surface area contributed by atoms with Gasteiger partial charge in [0.1, 0.15) is 5.75 Å². The van der Waals surface area contributed by atoms with Crippen molar-refractivity contribution in [1.29, 1.82) is 0 Å². The highest BCUT2D eigenvalue weighted by Crippen LogP contribution is 2.37. The zero-order valence-electron chi connectivity index (χ0n) is 7.78. The number of phenols is 1. The zero-order chi connectivity index (χ0) is 10.7. The lowest BCUT2D eigenvalue weighted by Crippen LogP contribution is -2.12. The van der Waals surface area contributed by atoms with Gasteiger partial charge >= 0.3 is 0 Å². The number of aromatic hydroxyl groups is 1. The van der Waals surface area contributed by atoms with Crippen LogP contribution in [0.5, 0.6) is 5.75 Å². The van der Waals surface area contributed by atoms with Gasteiger partial charge in [0.2, 0.25) is 0 Å². The van der Waals surface area contributed by atoms with Crippen molar-refractivity contribution in [3.63, 3.8) is 0 Å². The molecule has 0 saturated heterocycles. The van der Waals surface area contributed by atoms with Gasteiger partial charge in [0.15, 0.2) is 0 Å². The summed E-state index contributed by atoms with van der Waals surface area (Å²) >= 11 is 9.06. The summed E-state index contributed by atoms with van der Waals surface area (Å²) in [5.41, 5.74) is 6.22. The van der Waals surface area contributed by atoms with Gasteiger partial charge in [0.05, 0.1) is 4.47 Å². The number of aliphatic hydroxyl groups is 1. The van der Waals surface area contributed by atoms with Gasteiger partial charge in [-0.15, -0.1) is 12.4 Å². The summed E-state index contributed by atoms with van der Waals surface area (Å²) in [4.78, 5) is 0. The molecule has 0 aliphatic rings. The van der Waals surface area contributed by atoms with Crippen molar-refractivity contribution < 1.29 is 10.2 Å². The Kier molecular flexibility index (Phi) is 6.55. The van der Waals surface area contributed by atoms with E-state index in [4.69, 9.17) is 22.4 Å². The van der Waals surface area contributed by atoms with Crippen LogP contribution in [0.1, 0.15) is 18.0 Å². The first kappa shape index (κ1) is 15.0. The summed E-state index contributed by atoms with van der Waals surface area (Å²) < 4.78 is 0.547. The molecule has 0 saturated carbocycles. The third-order valence-corrected chi connectivity index (χ3v) is 2.90. The number of nitrogens with two attached hydrogens (primary N) is 1. The van der Waals surface area contributed by atoms with E-state index in [0.717, 1.165) is 0 Å².